The standard InChI is InChI=1S/C19H16N4O2S/c1-25-15-9-7-14(8-10-15)20-18(24)12-26-19-22-21-17-11-6-13-4-2-3-5-16(13)23(17)19/h2-11H,12H2,1H3,(H,20,24). The number of hydrogen-bond donors (Lipinski definition) is 1. The van der Waals surface area contributed by atoms with E-state index >= 15 is 0 Å². The Balaban J connectivity index is 1.50. The second-order valence-electron chi connectivity index (χ2n) is 5.63. The maximum atomic E-state index is 12.2. The van der Waals surface area contributed by atoms with Crippen molar-refractivity contribution in [3.8, 4) is 5.75 Å². The van der Waals surface area contributed by atoms with Crippen LogP contribution in [0.1, 0.15) is 0 Å². The van der Waals surface area contributed by atoms with E-state index in [0.717, 1.165) is 28.0 Å². The van der Waals surface area contributed by atoms with Gasteiger partial charge < -0.3 is 10.1 Å². The van der Waals surface area contributed by atoms with Crippen molar-refractivity contribution >= 4 is 39.9 Å². The minimum absolute atomic E-state index is 0.0999. The first kappa shape index (κ1) is 16.4. The van der Waals surface area contributed by atoms with Gasteiger partial charge in [0, 0.05) is 5.69 Å². The van der Waals surface area contributed by atoms with Crippen LogP contribution in [-0.4, -0.2) is 33.4 Å². The summed E-state index contributed by atoms with van der Waals surface area (Å²) >= 11 is 1.36. The predicted octanol–water partition coefficient (Wildman–Crippen LogP) is 3.62. The molecule has 2 heterocycles. The Kier molecular flexibility index (Phi) is 4.45. The van der Waals surface area contributed by atoms with Crippen LogP contribution >= 0.6 is 11.8 Å². The molecule has 0 spiro atoms. The van der Waals surface area contributed by atoms with Crippen molar-refractivity contribution < 1.29 is 9.53 Å². The number of amides is 1. The number of aromatic nitrogens is 3. The highest BCUT2D eigenvalue weighted by Crippen LogP contribution is 2.23. The molecule has 0 saturated carbocycles. The highest BCUT2D eigenvalue weighted by atomic mass is 32.2. The van der Waals surface area contributed by atoms with Crippen molar-refractivity contribution in [2.75, 3.05) is 18.2 Å². The lowest BCUT2D eigenvalue weighted by molar-refractivity contribution is -0.113. The van der Waals surface area contributed by atoms with Crippen LogP contribution in [0.2, 0.25) is 0 Å². The Bertz CT molecular complexity index is 1080. The van der Waals surface area contributed by atoms with E-state index in [-0.39, 0.29) is 11.7 Å². The van der Waals surface area contributed by atoms with Gasteiger partial charge in [-0.2, -0.15) is 0 Å². The quantitative estimate of drug-likeness (QED) is 0.548. The molecule has 6 nitrogen and oxygen atoms in total. The third-order valence-electron chi connectivity index (χ3n) is 3.95. The van der Waals surface area contributed by atoms with E-state index in [4.69, 9.17) is 4.74 Å². The number of anilines is 1. The summed E-state index contributed by atoms with van der Waals surface area (Å²) in [6.07, 6.45) is 0. The number of methoxy groups -OCH3 is 1. The number of benzene rings is 2. The number of thioether (sulfide) groups is 1. The number of nitrogens with one attached hydrogen (secondary N) is 1. The smallest absolute Gasteiger partial charge is 0.234 e. The van der Waals surface area contributed by atoms with Gasteiger partial charge in [-0.15, -0.1) is 10.2 Å². The summed E-state index contributed by atoms with van der Waals surface area (Å²) < 4.78 is 7.08. The molecule has 4 rings (SSSR count). The SMILES string of the molecule is COc1ccc(NC(=O)CSc2nnc3ccc4ccccc4n23)cc1. The lowest BCUT2D eigenvalue weighted by Gasteiger charge is -2.06. The number of rotatable bonds is 5. The van der Waals surface area contributed by atoms with Gasteiger partial charge in [-0.1, -0.05) is 30.0 Å². The number of para-hydroxylation sites is 1. The molecule has 0 atom stereocenters. The zero-order chi connectivity index (χ0) is 17.9. The van der Waals surface area contributed by atoms with Gasteiger partial charge in [-0.05, 0) is 47.9 Å². The molecular formula is C19H16N4O2S. The molecule has 0 fully saturated rings. The second-order valence-corrected chi connectivity index (χ2v) is 6.58. The summed E-state index contributed by atoms with van der Waals surface area (Å²) in [6.45, 7) is 0. The Hall–Kier alpha value is -3.06. The molecule has 4 aromatic rings. The van der Waals surface area contributed by atoms with Crippen molar-refractivity contribution in [3.63, 3.8) is 0 Å². The molecular weight excluding hydrogens is 348 g/mol. The number of hydrogen-bond acceptors (Lipinski definition) is 5. The minimum atomic E-state index is -0.0999. The monoisotopic (exact) mass is 364 g/mol. The Morgan fingerprint density at radius 3 is 2.69 bits per heavy atom. The van der Waals surface area contributed by atoms with Crippen molar-refractivity contribution in [3.05, 3.63) is 60.7 Å². The van der Waals surface area contributed by atoms with E-state index in [2.05, 4.69) is 15.5 Å². The predicted molar refractivity (Wildman–Crippen MR) is 103 cm³/mol. The van der Waals surface area contributed by atoms with Gasteiger partial charge in [0.2, 0.25) is 5.91 Å². The minimum Gasteiger partial charge on any atom is -0.497 e. The number of carbonyl (C=O) groups excluding carboxylic acids is 1. The molecule has 0 unspecified atom stereocenters. The van der Waals surface area contributed by atoms with E-state index in [1.165, 1.54) is 11.8 Å². The molecule has 2 aromatic heterocycles. The van der Waals surface area contributed by atoms with Gasteiger partial charge in [0.15, 0.2) is 10.8 Å². The van der Waals surface area contributed by atoms with Crippen LogP contribution in [0.4, 0.5) is 5.69 Å². The number of ether oxygens (including phenoxy) is 1. The Labute approximate surface area is 154 Å². The molecule has 0 aliphatic heterocycles. The largest absolute Gasteiger partial charge is 0.497 e. The third kappa shape index (κ3) is 3.21. The van der Waals surface area contributed by atoms with Gasteiger partial charge >= 0.3 is 0 Å². The number of carbonyl (C=O) groups is 1. The molecule has 0 aliphatic carbocycles. The van der Waals surface area contributed by atoms with Crippen molar-refractivity contribution in [2.24, 2.45) is 0 Å². The summed E-state index contributed by atoms with van der Waals surface area (Å²) in [4.78, 5) is 12.2. The van der Waals surface area contributed by atoms with E-state index in [1.54, 1.807) is 31.4 Å². The highest BCUT2D eigenvalue weighted by molar-refractivity contribution is 7.99. The van der Waals surface area contributed by atoms with Crippen molar-refractivity contribution in [1.82, 2.24) is 14.6 Å². The molecule has 26 heavy (non-hydrogen) atoms. The molecule has 0 aliphatic rings. The van der Waals surface area contributed by atoms with E-state index in [9.17, 15) is 4.79 Å². The van der Waals surface area contributed by atoms with Crippen LogP contribution in [0.5, 0.6) is 5.75 Å². The van der Waals surface area contributed by atoms with Crippen molar-refractivity contribution in [1.29, 1.82) is 0 Å². The molecule has 1 amide bonds. The first-order valence-corrected chi connectivity index (χ1v) is 9.03. The van der Waals surface area contributed by atoms with Crippen LogP contribution in [0.25, 0.3) is 16.6 Å². The first-order chi connectivity index (χ1) is 12.7. The average molecular weight is 364 g/mol. The molecule has 130 valence electrons. The van der Waals surface area contributed by atoms with Gasteiger partial charge in [-0.3, -0.25) is 9.20 Å². The summed E-state index contributed by atoms with van der Waals surface area (Å²) in [5, 5.41) is 13.1. The van der Waals surface area contributed by atoms with Crippen LogP contribution < -0.4 is 10.1 Å². The Morgan fingerprint density at radius 2 is 1.88 bits per heavy atom. The van der Waals surface area contributed by atoms with Gasteiger partial charge in [0.05, 0.1) is 18.4 Å². The van der Waals surface area contributed by atoms with Gasteiger partial charge in [-0.25, -0.2) is 0 Å². The van der Waals surface area contributed by atoms with Crippen LogP contribution in [0, 0.1) is 0 Å². The van der Waals surface area contributed by atoms with Crippen molar-refractivity contribution in [2.45, 2.75) is 5.16 Å². The second kappa shape index (κ2) is 7.05. The maximum Gasteiger partial charge on any atom is 0.234 e. The topological polar surface area (TPSA) is 68.5 Å². The fourth-order valence-corrected chi connectivity index (χ4v) is 3.46. The number of pyridine rings is 1. The molecule has 7 heteroatoms. The molecule has 2 aromatic carbocycles. The zero-order valence-corrected chi connectivity index (χ0v) is 14.9. The molecule has 0 bridgehead atoms. The summed E-state index contributed by atoms with van der Waals surface area (Å²) in [5.41, 5.74) is 2.52. The maximum absolute atomic E-state index is 12.2. The van der Waals surface area contributed by atoms with Crippen LogP contribution in [0.15, 0.2) is 65.8 Å². The highest BCUT2D eigenvalue weighted by Gasteiger charge is 2.11. The summed E-state index contributed by atoms with van der Waals surface area (Å²) in [6, 6.07) is 19.2. The third-order valence-corrected chi connectivity index (χ3v) is 4.88. The zero-order valence-electron chi connectivity index (χ0n) is 14.0. The van der Waals surface area contributed by atoms with E-state index in [0.29, 0.717) is 5.16 Å². The molecule has 1 N–H and O–H groups in total. The van der Waals surface area contributed by atoms with Crippen LogP contribution in [-0.2, 0) is 4.79 Å². The lowest BCUT2D eigenvalue weighted by Crippen LogP contribution is -2.14. The lowest BCUT2D eigenvalue weighted by atomic mass is 10.2. The first-order valence-electron chi connectivity index (χ1n) is 8.04. The van der Waals surface area contributed by atoms with Gasteiger partial charge in [0.25, 0.3) is 0 Å². The Morgan fingerprint density at radius 1 is 1.08 bits per heavy atom. The normalized spacial score (nSPS) is 11.0. The summed E-state index contributed by atoms with van der Waals surface area (Å²) in [5.74, 6) is 0.895. The summed E-state index contributed by atoms with van der Waals surface area (Å²) in [7, 11) is 1.61. The average Bonchev–Trinajstić information content (AvgIpc) is 3.10. The van der Waals surface area contributed by atoms with Crippen LogP contribution in [0.3, 0.4) is 0 Å². The fourth-order valence-electron chi connectivity index (χ4n) is 2.71. The number of nitrogens with zero attached hydrogens (tertiary/aromatic N) is 3. The fraction of sp³-hybridized carbons (Fsp3) is 0.105. The molecule has 0 saturated heterocycles. The van der Waals surface area contributed by atoms with E-state index in [1.807, 2.05) is 40.8 Å². The van der Waals surface area contributed by atoms with E-state index < -0.39 is 0 Å². The molecule has 0 radical (unpaired) electrons. The van der Waals surface area contributed by atoms with Gasteiger partial charge in [0.1, 0.15) is 5.75 Å². The number of fused-ring (bicyclic) bond motifs is 3.